The van der Waals surface area contributed by atoms with E-state index in [0.29, 0.717) is 0 Å². The van der Waals surface area contributed by atoms with Gasteiger partial charge in [0.2, 0.25) is 0 Å². The molecule has 0 saturated heterocycles. The lowest BCUT2D eigenvalue weighted by molar-refractivity contribution is 0.505. The van der Waals surface area contributed by atoms with Crippen LogP contribution in [0.25, 0.3) is 0 Å². The molecule has 0 aliphatic rings. The second-order valence-electron chi connectivity index (χ2n) is 3.90. The quantitative estimate of drug-likeness (QED) is 0.540. The van der Waals surface area contributed by atoms with Gasteiger partial charge in [0.15, 0.2) is 0 Å². The van der Waals surface area contributed by atoms with Crippen LogP contribution in [0.1, 0.15) is 32.6 Å². The number of nitrogens with one attached hydrogen (secondary N) is 1. The van der Waals surface area contributed by atoms with Crippen molar-refractivity contribution in [1.82, 2.24) is 10.2 Å². The Kier molecular flexibility index (Phi) is 26.5. The number of hydrogen-bond acceptors (Lipinski definition) is 2. The van der Waals surface area contributed by atoms with Crippen molar-refractivity contribution in [3.05, 3.63) is 12.7 Å². The molecule has 0 radical (unpaired) electrons. The molecular weight excluding hydrogens is 208 g/mol. The summed E-state index contributed by atoms with van der Waals surface area (Å²) in [4.78, 5) is 2.00. The zero-order valence-corrected chi connectivity index (χ0v) is 11.7. The fourth-order valence-electron chi connectivity index (χ4n) is 0.881. The molecule has 0 aliphatic heterocycles. The van der Waals surface area contributed by atoms with Gasteiger partial charge in [0.1, 0.15) is 0 Å². The monoisotopic (exact) mass is 236 g/mol. The van der Waals surface area contributed by atoms with Crippen LogP contribution in [0, 0.1) is 0 Å². The summed E-state index contributed by atoms with van der Waals surface area (Å²) in [6, 6.07) is 0. The van der Waals surface area contributed by atoms with Gasteiger partial charge in [-0.25, -0.2) is 0 Å². The van der Waals surface area contributed by atoms with Crippen LogP contribution in [0.3, 0.4) is 0 Å². The van der Waals surface area contributed by atoms with Gasteiger partial charge in [-0.1, -0.05) is 32.3 Å². The molecule has 1 N–H and O–H groups in total. The summed E-state index contributed by atoms with van der Waals surface area (Å²) in [5.74, 6) is 0. The van der Waals surface area contributed by atoms with E-state index in [9.17, 15) is 0 Å². The van der Waals surface area contributed by atoms with Crippen LogP contribution in [-0.4, -0.2) is 39.1 Å². The molecule has 0 rings (SSSR count). The SMILES string of the molecule is C=CCNCCCCCC.CN(C)C.Cl. The van der Waals surface area contributed by atoms with Crippen molar-refractivity contribution in [2.75, 3.05) is 34.2 Å². The van der Waals surface area contributed by atoms with Crippen molar-refractivity contribution in [3.8, 4) is 0 Å². The smallest absolute Gasteiger partial charge is 0.0132 e. The molecule has 0 spiro atoms. The summed E-state index contributed by atoms with van der Waals surface area (Å²) in [6.45, 7) is 7.96. The van der Waals surface area contributed by atoms with Crippen molar-refractivity contribution in [2.24, 2.45) is 0 Å². The maximum absolute atomic E-state index is 3.63. The van der Waals surface area contributed by atoms with Gasteiger partial charge >= 0.3 is 0 Å². The van der Waals surface area contributed by atoms with Crippen molar-refractivity contribution in [3.63, 3.8) is 0 Å². The van der Waals surface area contributed by atoms with Crippen LogP contribution in [-0.2, 0) is 0 Å². The highest BCUT2D eigenvalue weighted by Gasteiger charge is 1.85. The Morgan fingerprint density at radius 1 is 1.13 bits per heavy atom. The van der Waals surface area contributed by atoms with E-state index in [1.165, 1.54) is 25.7 Å². The molecular formula is C12H29ClN2. The molecule has 3 heteroatoms. The summed E-state index contributed by atoms with van der Waals surface area (Å²) >= 11 is 0. The summed E-state index contributed by atoms with van der Waals surface area (Å²) < 4.78 is 0. The highest BCUT2D eigenvalue weighted by molar-refractivity contribution is 5.85. The molecule has 0 atom stereocenters. The van der Waals surface area contributed by atoms with Crippen molar-refractivity contribution in [1.29, 1.82) is 0 Å². The molecule has 0 bridgehead atoms. The van der Waals surface area contributed by atoms with Gasteiger partial charge in [-0.2, -0.15) is 0 Å². The van der Waals surface area contributed by atoms with E-state index in [0.717, 1.165) is 13.1 Å². The summed E-state index contributed by atoms with van der Waals surface area (Å²) in [5, 5.41) is 3.28. The molecule has 2 nitrogen and oxygen atoms in total. The second-order valence-corrected chi connectivity index (χ2v) is 3.90. The molecule has 0 aliphatic carbocycles. The van der Waals surface area contributed by atoms with Gasteiger partial charge in [0.05, 0.1) is 0 Å². The number of unbranched alkanes of at least 4 members (excludes halogenated alkanes) is 3. The Labute approximate surface area is 103 Å². The first-order chi connectivity index (χ1) is 6.65. The van der Waals surface area contributed by atoms with E-state index in [2.05, 4.69) is 18.8 Å². The lowest BCUT2D eigenvalue weighted by Gasteiger charge is -1.99. The minimum absolute atomic E-state index is 0. The van der Waals surface area contributed by atoms with Crippen molar-refractivity contribution < 1.29 is 0 Å². The predicted molar refractivity (Wildman–Crippen MR) is 74.1 cm³/mol. The second kappa shape index (κ2) is 19.5. The van der Waals surface area contributed by atoms with Crippen LogP contribution >= 0.6 is 12.4 Å². The van der Waals surface area contributed by atoms with Gasteiger partial charge in [-0.05, 0) is 34.1 Å². The average Bonchev–Trinajstić information content (AvgIpc) is 2.10. The van der Waals surface area contributed by atoms with Gasteiger partial charge < -0.3 is 10.2 Å². The van der Waals surface area contributed by atoms with Crippen LogP contribution in [0.5, 0.6) is 0 Å². The Morgan fingerprint density at radius 3 is 2.07 bits per heavy atom. The van der Waals surface area contributed by atoms with E-state index in [1.807, 2.05) is 32.1 Å². The number of halogens is 1. The number of rotatable bonds is 7. The number of nitrogens with zero attached hydrogens (tertiary/aromatic N) is 1. The molecule has 0 unspecified atom stereocenters. The summed E-state index contributed by atoms with van der Waals surface area (Å²) in [5.41, 5.74) is 0. The van der Waals surface area contributed by atoms with E-state index < -0.39 is 0 Å². The molecule has 0 amide bonds. The molecule has 0 aromatic carbocycles. The fourth-order valence-corrected chi connectivity index (χ4v) is 0.881. The van der Waals surface area contributed by atoms with E-state index in [-0.39, 0.29) is 12.4 Å². The lowest BCUT2D eigenvalue weighted by Crippen LogP contribution is -2.14. The van der Waals surface area contributed by atoms with Crippen LogP contribution in [0.4, 0.5) is 0 Å². The van der Waals surface area contributed by atoms with E-state index in [1.54, 1.807) is 0 Å². The zero-order valence-electron chi connectivity index (χ0n) is 10.9. The topological polar surface area (TPSA) is 15.3 Å². The molecule has 94 valence electrons. The minimum atomic E-state index is 0. The third-order valence-electron chi connectivity index (χ3n) is 1.50. The normalized spacial score (nSPS) is 8.87. The molecule has 0 heterocycles. The zero-order chi connectivity index (χ0) is 11.2. The predicted octanol–water partition coefficient (Wildman–Crippen LogP) is 2.94. The van der Waals surface area contributed by atoms with E-state index >= 15 is 0 Å². The molecule has 0 aromatic rings. The largest absolute Gasteiger partial charge is 0.313 e. The highest BCUT2D eigenvalue weighted by Crippen LogP contribution is 1.96. The van der Waals surface area contributed by atoms with Crippen molar-refractivity contribution >= 4 is 12.4 Å². The number of hydrogen-bond donors (Lipinski definition) is 1. The Morgan fingerprint density at radius 2 is 1.67 bits per heavy atom. The standard InChI is InChI=1S/C9H19N.C3H9N.ClH/c1-3-5-6-7-9-10-8-4-2;1-4(2)3;/h4,10H,2-3,5-9H2,1H3;1-3H3;1H. The maximum atomic E-state index is 3.63. The fraction of sp³-hybridized carbons (Fsp3) is 0.833. The Bertz CT molecular complexity index is 103. The first-order valence-electron chi connectivity index (χ1n) is 5.57. The van der Waals surface area contributed by atoms with Crippen LogP contribution in [0.2, 0.25) is 0 Å². The third kappa shape index (κ3) is 41.2. The Balaban J connectivity index is -0.000000249. The first-order valence-corrected chi connectivity index (χ1v) is 5.57. The van der Waals surface area contributed by atoms with Crippen LogP contribution in [0.15, 0.2) is 12.7 Å². The maximum Gasteiger partial charge on any atom is 0.0132 e. The van der Waals surface area contributed by atoms with Gasteiger partial charge in [-0.15, -0.1) is 19.0 Å². The van der Waals surface area contributed by atoms with Crippen molar-refractivity contribution in [2.45, 2.75) is 32.6 Å². The van der Waals surface area contributed by atoms with Gasteiger partial charge in [0.25, 0.3) is 0 Å². The first kappa shape index (κ1) is 20.4. The van der Waals surface area contributed by atoms with E-state index in [4.69, 9.17) is 0 Å². The average molecular weight is 237 g/mol. The van der Waals surface area contributed by atoms with Crippen LogP contribution < -0.4 is 5.32 Å². The third-order valence-corrected chi connectivity index (χ3v) is 1.50. The molecule has 0 fully saturated rings. The van der Waals surface area contributed by atoms with Gasteiger partial charge in [-0.3, -0.25) is 0 Å². The lowest BCUT2D eigenvalue weighted by atomic mass is 10.2. The summed E-state index contributed by atoms with van der Waals surface area (Å²) in [7, 11) is 6.00. The summed E-state index contributed by atoms with van der Waals surface area (Å²) in [6.07, 6.45) is 7.26. The van der Waals surface area contributed by atoms with Gasteiger partial charge in [0, 0.05) is 6.54 Å². The molecule has 0 aromatic heterocycles. The molecule has 15 heavy (non-hydrogen) atoms. The Hall–Kier alpha value is -0.0500. The molecule has 0 saturated carbocycles. The highest BCUT2D eigenvalue weighted by atomic mass is 35.5. The minimum Gasteiger partial charge on any atom is -0.313 e.